The van der Waals surface area contributed by atoms with Gasteiger partial charge in [-0.1, -0.05) is 24.3 Å². The molecule has 3 atom stereocenters. The van der Waals surface area contributed by atoms with Crippen molar-refractivity contribution in [2.75, 3.05) is 6.61 Å². The first kappa shape index (κ1) is 12.8. The highest BCUT2D eigenvalue weighted by Crippen LogP contribution is 2.51. The van der Waals surface area contributed by atoms with Crippen LogP contribution in [0.3, 0.4) is 0 Å². The molecule has 1 aromatic rings. The van der Waals surface area contributed by atoms with Crippen molar-refractivity contribution < 1.29 is 21.6 Å². The average molecular weight is 282 g/mol. The van der Waals surface area contributed by atoms with Gasteiger partial charge in [0.15, 0.2) is 5.78 Å². The van der Waals surface area contributed by atoms with E-state index in [4.69, 9.17) is 4.18 Å². The smallest absolute Gasteiger partial charge is 0.298 e. The van der Waals surface area contributed by atoms with Crippen LogP contribution in [0.15, 0.2) is 24.3 Å². The molecule has 3 rings (SSSR count). The van der Waals surface area contributed by atoms with E-state index in [0.29, 0.717) is 6.42 Å². The first-order chi connectivity index (χ1) is 9.03. The van der Waals surface area contributed by atoms with Crippen LogP contribution in [0.5, 0.6) is 0 Å². The minimum absolute atomic E-state index is 0.0215. The van der Waals surface area contributed by atoms with Gasteiger partial charge in [0.05, 0.1) is 18.6 Å². The Balaban J connectivity index is 1.88. The molecule has 0 unspecified atom stereocenters. The third-order valence-electron chi connectivity index (χ3n) is 3.70. The van der Waals surface area contributed by atoms with Gasteiger partial charge in [-0.15, -0.1) is 0 Å². The summed E-state index contributed by atoms with van der Waals surface area (Å²) in [5, 5.41) is 0. The summed E-state index contributed by atoms with van der Waals surface area (Å²) in [5.74, 6) is -0.655. The molecule has 2 aliphatic rings. The zero-order valence-corrected chi connectivity index (χ0v) is 11.2. The maximum atomic E-state index is 12.2. The second-order valence-corrected chi connectivity index (χ2v) is 5.99. The lowest BCUT2D eigenvalue weighted by molar-refractivity contribution is -0.119. The summed E-state index contributed by atoms with van der Waals surface area (Å²) in [4.78, 5) is 12.2. The van der Waals surface area contributed by atoms with Crippen LogP contribution in [-0.4, -0.2) is 26.9 Å². The van der Waals surface area contributed by atoms with E-state index in [9.17, 15) is 13.2 Å². The third kappa shape index (κ3) is 2.00. The molecule has 102 valence electrons. The topological polar surface area (TPSA) is 69.7 Å². The first-order valence-electron chi connectivity index (χ1n) is 6.23. The molecule has 1 saturated carbocycles. The Morgan fingerprint density at radius 2 is 1.95 bits per heavy atom. The number of hydrogen-bond donors (Lipinski definition) is 0. The van der Waals surface area contributed by atoms with Gasteiger partial charge in [-0.2, -0.15) is 8.42 Å². The summed E-state index contributed by atoms with van der Waals surface area (Å²) in [7, 11) is -4.02. The van der Waals surface area contributed by atoms with E-state index >= 15 is 0 Å². The maximum absolute atomic E-state index is 12.2. The molecule has 0 radical (unpaired) electrons. The average Bonchev–Trinajstić information content (AvgIpc) is 2.79. The second kappa shape index (κ2) is 4.40. The Labute approximate surface area is 111 Å². The molecule has 0 spiro atoms. The fourth-order valence-corrected chi connectivity index (χ4v) is 3.88. The van der Waals surface area contributed by atoms with E-state index in [1.807, 2.05) is 24.3 Å². The molecule has 19 heavy (non-hydrogen) atoms. The van der Waals surface area contributed by atoms with E-state index in [1.54, 1.807) is 6.92 Å². The number of fused-ring (bicyclic) bond motifs is 5. The predicted molar refractivity (Wildman–Crippen MR) is 67.0 cm³/mol. The van der Waals surface area contributed by atoms with Crippen LogP contribution in [0.25, 0.3) is 0 Å². The lowest BCUT2D eigenvalue weighted by Gasteiger charge is -2.22. The van der Waals surface area contributed by atoms with Gasteiger partial charge in [-0.05, 0) is 24.5 Å². The lowest BCUT2D eigenvalue weighted by Crippen LogP contribution is -2.25. The third-order valence-corrected chi connectivity index (χ3v) is 4.71. The zero-order chi connectivity index (χ0) is 13.6. The van der Waals surface area contributed by atoms with Crippen molar-refractivity contribution in [1.29, 1.82) is 0 Å². The number of Topliss-reactive ketones (excluding diaryl/α,β-unsaturated/α-hetero) is 1. The Morgan fingerprint density at radius 1 is 1.26 bits per heavy atom. The highest BCUT2D eigenvalue weighted by atomic mass is 32.3. The Hall–Kier alpha value is -1.24. The van der Waals surface area contributed by atoms with E-state index in [2.05, 4.69) is 4.18 Å². The highest BCUT2D eigenvalue weighted by Gasteiger charge is 2.52. The van der Waals surface area contributed by atoms with Gasteiger partial charge < -0.3 is 0 Å². The number of hydrogen-bond acceptors (Lipinski definition) is 5. The summed E-state index contributed by atoms with van der Waals surface area (Å²) < 4.78 is 32.6. The SMILES string of the molecule is CCOS(=O)(=O)O[C@@H]1C[C@@H]2C(=O)[C@H]1c1ccccc12. The quantitative estimate of drug-likeness (QED) is 0.837. The van der Waals surface area contributed by atoms with Crippen molar-refractivity contribution in [3.8, 4) is 0 Å². The van der Waals surface area contributed by atoms with Crippen LogP contribution in [0.1, 0.15) is 36.3 Å². The van der Waals surface area contributed by atoms with E-state index < -0.39 is 22.4 Å². The number of carbonyl (C=O) groups excluding carboxylic acids is 1. The molecule has 6 heteroatoms. The number of carbonyl (C=O) groups is 1. The van der Waals surface area contributed by atoms with Crippen molar-refractivity contribution in [2.24, 2.45) is 0 Å². The molecule has 1 aromatic carbocycles. The molecule has 0 aliphatic heterocycles. The van der Waals surface area contributed by atoms with Crippen molar-refractivity contribution in [2.45, 2.75) is 31.3 Å². The molecule has 0 heterocycles. The van der Waals surface area contributed by atoms with Crippen LogP contribution in [0, 0.1) is 0 Å². The summed E-state index contributed by atoms with van der Waals surface area (Å²) >= 11 is 0. The minimum Gasteiger partial charge on any atom is -0.298 e. The van der Waals surface area contributed by atoms with Crippen LogP contribution in [-0.2, 0) is 23.6 Å². The van der Waals surface area contributed by atoms with Crippen LogP contribution >= 0.6 is 0 Å². The van der Waals surface area contributed by atoms with Gasteiger partial charge in [-0.3, -0.25) is 4.79 Å². The highest BCUT2D eigenvalue weighted by molar-refractivity contribution is 7.81. The second-order valence-electron chi connectivity index (χ2n) is 4.75. The Morgan fingerprint density at radius 3 is 2.63 bits per heavy atom. The predicted octanol–water partition coefficient (Wildman–Crippen LogP) is 1.51. The molecule has 1 fully saturated rings. The Bertz CT molecular complexity index is 622. The molecule has 5 nitrogen and oxygen atoms in total. The first-order valence-corrected chi connectivity index (χ1v) is 7.57. The van der Waals surface area contributed by atoms with E-state index in [1.165, 1.54) is 0 Å². The molecular formula is C13H14O5S. The molecule has 2 aliphatic carbocycles. The normalized spacial score (nSPS) is 28.7. The number of benzene rings is 1. The van der Waals surface area contributed by atoms with Crippen LogP contribution < -0.4 is 0 Å². The number of rotatable bonds is 4. The van der Waals surface area contributed by atoms with Crippen LogP contribution in [0.4, 0.5) is 0 Å². The monoisotopic (exact) mass is 282 g/mol. The summed E-state index contributed by atoms with van der Waals surface area (Å²) in [5.41, 5.74) is 1.90. The fraction of sp³-hybridized carbons (Fsp3) is 0.462. The van der Waals surface area contributed by atoms with Gasteiger partial charge in [0.1, 0.15) is 0 Å². The van der Waals surface area contributed by atoms with E-state index in [-0.39, 0.29) is 18.3 Å². The molecule has 0 aromatic heterocycles. The van der Waals surface area contributed by atoms with Gasteiger partial charge in [0.2, 0.25) is 0 Å². The van der Waals surface area contributed by atoms with Crippen molar-refractivity contribution >= 4 is 16.2 Å². The zero-order valence-electron chi connectivity index (χ0n) is 10.4. The lowest BCUT2D eigenvalue weighted by atomic mass is 9.90. The van der Waals surface area contributed by atoms with Crippen molar-refractivity contribution in [3.05, 3.63) is 35.4 Å². The fourth-order valence-electron chi connectivity index (χ4n) is 3.05. The van der Waals surface area contributed by atoms with Crippen molar-refractivity contribution in [1.82, 2.24) is 0 Å². The largest absolute Gasteiger partial charge is 0.400 e. The molecule has 0 saturated heterocycles. The van der Waals surface area contributed by atoms with Gasteiger partial charge in [0.25, 0.3) is 0 Å². The number of ketones is 1. The van der Waals surface area contributed by atoms with Crippen molar-refractivity contribution in [3.63, 3.8) is 0 Å². The van der Waals surface area contributed by atoms with E-state index in [0.717, 1.165) is 11.1 Å². The summed E-state index contributed by atoms with van der Waals surface area (Å²) in [6.45, 7) is 1.59. The van der Waals surface area contributed by atoms with Gasteiger partial charge >= 0.3 is 10.4 Å². The summed E-state index contributed by atoms with van der Waals surface area (Å²) in [6.07, 6.45) is -0.226. The maximum Gasteiger partial charge on any atom is 0.400 e. The molecule has 2 bridgehead atoms. The standard InChI is InChI=1S/C13H14O5S/c1-2-17-19(15,16)18-11-7-10-8-5-3-4-6-9(8)12(11)13(10)14/h3-6,10-12H,2,7H2,1H3/t10-,11+,12-/m0/s1. The van der Waals surface area contributed by atoms with Gasteiger partial charge in [0, 0.05) is 5.92 Å². The Kier molecular flexibility index (Phi) is 2.96. The molecule has 0 amide bonds. The van der Waals surface area contributed by atoms with Gasteiger partial charge in [-0.25, -0.2) is 8.37 Å². The van der Waals surface area contributed by atoms with Crippen LogP contribution in [0.2, 0.25) is 0 Å². The molecular weight excluding hydrogens is 268 g/mol. The minimum atomic E-state index is -4.02. The summed E-state index contributed by atoms with van der Waals surface area (Å²) in [6, 6.07) is 7.52. The molecule has 0 N–H and O–H groups in total.